The number of aromatic nitrogens is 3. The predicted octanol–water partition coefficient (Wildman–Crippen LogP) is 10.2. The van der Waals surface area contributed by atoms with Gasteiger partial charge in [-0.2, -0.15) is 0 Å². The summed E-state index contributed by atoms with van der Waals surface area (Å²) in [5.74, 6) is 6.86. The molecule has 7 rings (SSSR count). The Hall–Kier alpha value is -3.90. The molecule has 0 spiro atoms. The largest absolute Gasteiger partial charge is 0.486 e. The number of nitrogens with zero attached hydrogens (tertiary/aromatic N) is 3. The van der Waals surface area contributed by atoms with Crippen LogP contribution in [-0.4, -0.2) is 28.2 Å². The van der Waals surface area contributed by atoms with Gasteiger partial charge in [0.2, 0.25) is 5.71 Å². The summed E-state index contributed by atoms with van der Waals surface area (Å²) in [7, 11) is 0. The van der Waals surface area contributed by atoms with Gasteiger partial charge in [0.25, 0.3) is 0 Å². The van der Waals surface area contributed by atoms with E-state index in [1.165, 1.54) is 0 Å². The first-order valence-electron chi connectivity index (χ1n) is 16.5. The Morgan fingerprint density at radius 3 is 2.21 bits per heavy atom. The number of hydrogen-bond donors (Lipinski definition) is 0. The standard InChI is InChI=1S/C22H13N2O.C19H26GeN.Ir/c1-2-7-15(8-3-1)19-13-12-17-16-9-6-10-18(20-11-4-5-14-23-20)21(16)25-22(17)24-19;1-19(2,3)13-16-12-18(15-10-8-7-9-11-15)21-14-17(16)20(4,5)6;/h1-9,11-14H;7-10,12,14H,13H2,1-6H3;/q2*-1;/i;13D2;. The molecular weight excluding hydrogens is 815 g/mol. The zero-order chi connectivity index (χ0) is 34.1. The molecule has 0 aliphatic carbocycles. The molecule has 0 aliphatic heterocycles. The molecule has 239 valence electrons. The molecule has 0 fully saturated rings. The van der Waals surface area contributed by atoms with Crippen LogP contribution in [0.1, 0.15) is 29.1 Å². The van der Waals surface area contributed by atoms with Crippen molar-refractivity contribution in [1.82, 2.24) is 15.0 Å². The van der Waals surface area contributed by atoms with Gasteiger partial charge in [0.15, 0.2) is 0 Å². The van der Waals surface area contributed by atoms with Crippen molar-refractivity contribution in [2.45, 2.75) is 44.4 Å². The van der Waals surface area contributed by atoms with Crippen LogP contribution in [0, 0.1) is 17.5 Å². The van der Waals surface area contributed by atoms with Gasteiger partial charge in [-0.1, -0.05) is 53.4 Å². The molecule has 0 atom stereocenters. The zero-order valence-electron chi connectivity index (χ0n) is 29.6. The van der Waals surface area contributed by atoms with Crippen molar-refractivity contribution in [3.8, 4) is 33.8 Å². The van der Waals surface area contributed by atoms with Crippen molar-refractivity contribution in [3.63, 3.8) is 0 Å². The van der Waals surface area contributed by atoms with E-state index in [1.54, 1.807) is 6.20 Å². The fraction of sp³-hybridized carbons (Fsp3) is 0.195. The molecular formula is C41H39GeIrN3O-2. The molecule has 4 nitrogen and oxygen atoms in total. The minimum atomic E-state index is -2.24. The van der Waals surface area contributed by atoms with E-state index in [-0.39, 0.29) is 20.1 Å². The van der Waals surface area contributed by atoms with Crippen LogP contribution in [0.15, 0.2) is 120 Å². The van der Waals surface area contributed by atoms with Crippen LogP contribution in [0.2, 0.25) is 17.3 Å². The molecule has 0 amide bonds. The minimum absolute atomic E-state index is 0. The molecule has 1 radical (unpaired) electrons. The molecule has 4 heterocycles. The van der Waals surface area contributed by atoms with E-state index in [2.05, 4.69) is 45.4 Å². The van der Waals surface area contributed by atoms with Crippen molar-refractivity contribution in [2.75, 3.05) is 0 Å². The van der Waals surface area contributed by atoms with Crippen molar-refractivity contribution in [3.05, 3.63) is 133 Å². The molecule has 6 heteroatoms. The molecule has 3 aromatic carbocycles. The monoisotopic (exact) mass is 858 g/mol. The molecule has 0 aliphatic rings. The second kappa shape index (κ2) is 14.5. The quantitative estimate of drug-likeness (QED) is 0.128. The Balaban J connectivity index is 0.000000188. The Kier molecular flexibility index (Phi) is 9.76. The van der Waals surface area contributed by atoms with E-state index in [9.17, 15) is 0 Å². The molecule has 0 saturated carbocycles. The first kappa shape index (κ1) is 31.7. The van der Waals surface area contributed by atoms with Crippen molar-refractivity contribution >= 4 is 39.7 Å². The number of rotatable bonds is 5. The molecule has 4 aromatic heterocycles. The molecule has 0 saturated heterocycles. The third-order valence-electron chi connectivity index (χ3n) is 7.50. The zero-order valence-corrected chi connectivity index (χ0v) is 32.0. The van der Waals surface area contributed by atoms with Crippen molar-refractivity contribution < 1.29 is 27.3 Å². The third kappa shape index (κ3) is 8.16. The van der Waals surface area contributed by atoms with Crippen LogP contribution >= 0.6 is 0 Å². The van der Waals surface area contributed by atoms with E-state index in [0.717, 1.165) is 60.1 Å². The van der Waals surface area contributed by atoms with E-state index >= 15 is 0 Å². The molecule has 7 aromatic rings. The summed E-state index contributed by atoms with van der Waals surface area (Å²) in [6.45, 7) is 5.88. The number of benzene rings is 3. The Morgan fingerprint density at radius 2 is 1.53 bits per heavy atom. The Bertz CT molecular complexity index is 2180. The molecule has 0 bridgehead atoms. The number of pyridine rings is 3. The van der Waals surface area contributed by atoms with Gasteiger partial charge in [-0.05, 0) is 23.9 Å². The van der Waals surface area contributed by atoms with E-state index in [1.807, 2.05) is 124 Å². The van der Waals surface area contributed by atoms with Gasteiger partial charge in [0.1, 0.15) is 0 Å². The van der Waals surface area contributed by atoms with Gasteiger partial charge >= 0.3 is 135 Å². The summed E-state index contributed by atoms with van der Waals surface area (Å²) in [5, 5.41) is 2.03. The van der Waals surface area contributed by atoms with Gasteiger partial charge in [0.05, 0.1) is 11.3 Å². The average Bonchev–Trinajstić information content (AvgIpc) is 3.47. The van der Waals surface area contributed by atoms with Crippen LogP contribution in [0.3, 0.4) is 0 Å². The average molecular weight is 857 g/mol. The van der Waals surface area contributed by atoms with Crippen LogP contribution in [0.4, 0.5) is 0 Å². The Labute approximate surface area is 297 Å². The first-order valence-corrected chi connectivity index (χ1v) is 22.9. The summed E-state index contributed by atoms with van der Waals surface area (Å²) < 4.78 is 24.8. The van der Waals surface area contributed by atoms with Gasteiger partial charge in [0, 0.05) is 37.3 Å². The summed E-state index contributed by atoms with van der Waals surface area (Å²) in [6.07, 6.45) is 2.28. The molecule has 0 unspecified atom stereocenters. The fourth-order valence-electron chi connectivity index (χ4n) is 5.35. The van der Waals surface area contributed by atoms with E-state index in [4.69, 9.17) is 12.1 Å². The molecule has 47 heavy (non-hydrogen) atoms. The third-order valence-corrected chi connectivity index (χ3v) is 11.7. The number of furan rings is 1. The summed E-state index contributed by atoms with van der Waals surface area (Å²) in [5.41, 5.74) is 7.11. The van der Waals surface area contributed by atoms with Crippen molar-refractivity contribution in [2.24, 2.45) is 5.41 Å². The topological polar surface area (TPSA) is 51.8 Å². The second-order valence-corrected chi connectivity index (χ2v) is 23.9. The summed E-state index contributed by atoms with van der Waals surface area (Å²) in [6, 6.07) is 40.1. The van der Waals surface area contributed by atoms with Crippen molar-refractivity contribution in [1.29, 1.82) is 0 Å². The smallest absolute Gasteiger partial charge is 0.216 e. The van der Waals surface area contributed by atoms with Crippen LogP contribution in [0.25, 0.3) is 55.8 Å². The maximum absolute atomic E-state index is 8.76. The summed E-state index contributed by atoms with van der Waals surface area (Å²) in [4.78, 5) is 13.8. The maximum atomic E-state index is 8.76. The minimum Gasteiger partial charge on any atom is -0.486 e. The van der Waals surface area contributed by atoms with Crippen LogP contribution in [-0.2, 0) is 26.5 Å². The van der Waals surface area contributed by atoms with Gasteiger partial charge in [-0.25, -0.2) is 4.98 Å². The second-order valence-electron chi connectivity index (χ2n) is 13.3. The van der Waals surface area contributed by atoms with Crippen LogP contribution in [0.5, 0.6) is 0 Å². The predicted molar refractivity (Wildman–Crippen MR) is 194 cm³/mol. The van der Waals surface area contributed by atoms with Gasteiger partial charge in [-0.15, -0.1) is 18.2 Å². The van der Waals surface area contributed by atoms with E-state index < -0.39 is 25.1 Å². The fourth-order valence-corrected chi connectivity index (χ4v) is 8.28. The maximum Gasteiger partial charge on any atom is 0.216 e. The van der Waals surface area contributed by atoms with Crippen LogP contribution < -0.4 is 4.40 Å². The number of hydrogen-bond acceptors (Lipinski definition) is 4. The number of fused-ring (bicyclic) bond motifs is 3. The SMILES string of the molecule is [2H]C([2H])(c1cc(-c2[c-]cccc2)nc[c]1[Ge]([CH3])([CH3])[CH3])C(C)(C)C.[Ir].[c-]1ccc2c(oc3nc(-c4ccccc4)ccc32)c1-c1ccccn1. The normalized spacial score (nSPS) is 12.5. The van der Waals surface area contributed by atoms with Gasteiger partial charge < -0.3 is 9.40 Å². The molecule has 0 N–H and O–H groups in total. The van der Waals surface area contributed by atoms with Gasteiger partial charge in [-0.3, -0.25) is 0 Å². The first-order chi connectivity index (χ1) is 22.8. The summed E-state index contributed by atoms with van der Waals surface area (Å²) >= 11 is -2.24. The van der Waals surface area contributed by atoms with E-state index in [0.29, 0.717) is 5.71 Å². The Morgan fingerprint density at radius 1 is 0.766 bits per heavy atom.